The Morgan fingerprint density at radius 2 is 1.92 bits per heavy atom. The van der Waals surface area contributed by atoms with Gasteiger partial charge in [-0.3, -0.25) is 0 Å². The summed E-state index contributed by atoms with van der Waals surface area (Å²) in [5.74, 6) is 2.45. The van der Waals surface area contributed by atoms with Gasteiger partial charge in [-0.05, 0) is 48.7 Å². The van der Waals surface area contributed by atoms with Crippen molar-refractivity contribution in [2.45, 2.75) is 18.8 Å². The van der Waals surface area contributed by atoms with Gasteiger partial charge in [0.25, 0.3) is 0 Å². The molecule has 2 heterocycles. The first-order valence-electron chi connectivity index (χ1n) is 8.82. The molecule has 2 aliphatic rings. The molecular weight excluding hydrogens is 337 g/mol. The smallest absolute Gasteiger partial charge is 0.360 e. The molecule has 3 atom stereocenters. The molecule has 138 valence electrons. The third kappa shape index (κ3) is 3.61. The minimum atomic E-state index is -0.703. The van der Waals surface area contributed by atoms with Crippen molar-refractivity contribution in [1.82, 2.24) is 5.32 Å². The van der Waals surface area contributed by atoms with E-state index in [2.05, 4.69) is 5.32 Å². The molecule has 2 aromatic rings. The third-order valence-electron chi connectivity index (χ3n) is 4.92. The second-order valence-corrected chi connectivity index (χ2v) is 6.59. The predicted octanol–water partition coefficient (Wildman–Crippen LogP) is 3.30. The molecule has 2 aromatic carbocycles. The monoisotopic (exact) mass is 359 g/mol. The second kappa shape index (κ2) is 7.51. The van der Waals surface area contributed by atoms with Crippen molar-refractivity contribution in [3.05, 3.63) is 53.8 Å². The molecule has 0 saturated carbocycles. The molecule has 3 unspecified atom stereocenters. The van der Waals surface area contributed by atoms with Crippen LogP contribution in [0.3, 0.4) is 0 Å². The Bertz CT molecular complexity index is 752. The maximum Gasteiger partial charge on any atom is 0.360 e. The summed E-state index contributed by atoms with van der Waals surface area (Å²) in [5, 5.41) is 3.42. The van der Waals surface area contributed by atoms with Crippen LogP contribution in [0.15, 0.2) is 42.5 Å². The van der Waals surface area contributed by atoms with Gasteiger partial charge in [0, 0.05) is 25.6 Å². The zero-order valence-corrected chi connectivity index (χ0v) is 14.6. The topological polar surface area (TPSA) is 49.0 Å². The Kier molecular flexibility index (Phi) is 4.95. The molecule has 0 aromatic heterocycles. The highest BCUT2D eigenvalue weighted by Gasteiger charge is 2.28. The molecule has 2 aliphatic heterocycles. The molecule has 1 saturated heterocycles. The van der Waals surface area contributed by atoms with E-state index in [1.54, 1.807) is 0 Å². The number of benzene rings is 2. The highest BCUT2D eigenvalue weighted by molar-refractivity contribution is 5.47. The molecule has 26 heavy (non-hydrogen) atoms. The highest BCUT2D eigenvalue weighted by atomic mass is 19.1. The van der Waals surface area contributed by atoms with Crippen LogP contribution in [0.25, 0.3) is 0 Å². The number of fused-ring (bicyclic) bond motifs is 1. The van der Waals surface area contributed by atoms with Gasteiger partial charge < -0.3 is 24.3 Å². The lowest BCUT2D eigenvalue weighted by Crippen LogP contribution is -2.38. The molecule has 4 rings (SSSR count). The van der Waals surface area contributed by atoms with Gasteiger partial charge in [-0.15, -0.1) is 0 Å². The first-order chi connectivity index (χ1) is 12.7. The fraction of sp³-hybridized carbons (Fsp3) is 0.400. The fourth-order valence-corrected chi connectivity index (χ4v) is 3.55. The number of methoxy groups -OCH3 is 1. The normalized spacial score (nSPS) is 24.5. The van der Waals surface area contributed by atoms with E-state index in [1.807, 2.05) is 30.3 Å². The van der Waals surface area contributed by atoms with Crippen molar-refractivity contribution in [2.24, 2.45) is 5.92 Å². The van der Waals surface area contributed by atoms with Crippen LogP contribution >= 0.6 is 0 Å². The highest BCUT2D eigenvalue weighted by Crippen LogP contribution is 2.38. The second-order valence-electron chi connectivity index (χ2n) is 6.59. The molecule has 0 spiro atoms. The van der Waals surface area contributed by atoms with Crippen LogP contribution in [0.5, 0.6) is 17.2 Å². The third-order valence-corrected chi connectivity index (χ3v) is 4.92. The van der Waals surface area contributed by atoms with Crippen LogP contribution in [0.1, 0.15) is 17.9 Å². The number of piperidine rings is 1. The molecule has 6 heteroatoms. The molecule has 5 nitrogen and oxygen atoms in total. The van der Waals surface area contributed by atoms with Gasteiger partial charge in [-0.25, -0.2) is 4.39 Å². The van der Waals surface area contributed by atoms with Gasteiger partial charge in [0.15, 0.2) is 11.5 Å². The lowest BCUT2D eigenvalue weighted by Gasteiger charge is -2.32. The molecule has 0 bridgehead atoms. The first-order valence-corrected chi connectivity index (χ1v) is 8.82. The van der Waals surface area contributed by atoms with Crippen molar-refractivity contribution >= 4 is 0 Å². The quantitative estimate of drug-likeness (QED) is 0.888. The maximum absolute atomic E-state index is 13.2. The van der Waals surface area contributed by atoms with E-state index in [1.165, 1.54) is 19.2 Å². The van der Waals surface area contributed by atoms with E-state index < -0.39 is 6.48 Å². The van der Waals surface area contributed by atoms with Crippen molar-refractivity contribution in [1.29, 1.82) is 0 Å². The molecule has 0 amide bonds. The lowest BCUT2D eigenvalue weighted by atomic mass is 9.81. The van der Waals surface area contributed by atoms with Gasteiger partial charge in [0.05, 0.1) is 6.61 Å². The summed E-state index contributed by atoms with van der Waals surface area (Å²) in [5.41, 5.74) is 1.16. The summed E-state index contributed by atoms with van der Waals surface area (Å²) in [6, 6.07) is 12.3. The van der Waals surface area contributed by atoms with Crippen LogP contribution in [0.4, 0.5) is 4.39 Å². The number of nitrogens with one attached hydrogen (secondary N) is 1. The van der Waals surface area contributed by atoms with Crippen molar-refractivity contribution < 1.29 is 23.3 Å². The van der Waals surface area contributed by atoms with Gasteiger partial charge in [0.1, 0.15) is 11.6 Å². The standard InChI is InChI=1S/C20H22FNO4/c1-23-20-25-18-7-6-16(10-19(18)26-20)24-12-14-11-22-9-8-17(14)13-2-4-15(21)5-3-13/h2-7,10,14,17,20,22H,8-9,11-12H2,1H3. The van der Waals surface area contributed by atoms with Crippen LogP contribution in [0.2, 0.25) is 0 Å². The van der Waals surface area contributed by atoms with Crippen LogP contribution in [-0.2, 0) is 4.74 Å². The van der Waals surface area contributed by atoms with E-state index in [0.29, 0.717) is 29.9 Å². The Hall–Kier alpha value is -2.31. The Balaban J connectivity index is 1.42. The minimum Gasteiger partial charge on any atom is -0.493 e. The summed E-state index contributed by atoms with van der Waals surface area (Å²) in [6.07, 6.45) is 1.01. The number of ether oxygens (including phenoxy) is 4. The SMILES string of the molecule is COC1Oc2ccc(OCC3CNCCC3c3ccc(F)cc3)cc2O1. The predicted molar refractivity (Wildman–Crippen MR) is 94.1 cm³/mol. The Morgan fingerprint density at radius 3 is 2.73 bits per heavy atom. The summed E-state index contributed by atoms with van der Waals surface area (Å²) in [6.45, 7) is 1.70. The molecular formula is C20H22FNO4. The van der Waals surface area contributed by atoms with Crippen LogP contribution < -0.4 is 19.5 Å². The largest absolute Gasteiger partial charge is 0.493 e. The molecule has 1 N–H and O–H groups in total. The van der Waals surface area contributed by atoms with Gasteiger partial charge in [0.2, 0.25) is 0 Å². The number of halogens is 1. The van der Waals surface area contributed by atoms with Gasteiger partial charge in [-0.2, -0.15) is 0 Å². The number of rotatable bonds is 5. The van der Waals surface area contributed by atoms with Gasteiger partial charge in [-0.1, -0.05) is 12.1 Å². The van der Waals surface area contributed by atoms with E-state index in [4.69, 9.17) is 18.9 Å². The molecule has 0 aliphatic carbocycles. The summed E-state index contributed by atoms with van der Waals surface area (Å²) in [7, 11) is 1.53. The fourth-order valence-electron chi connectivity index (χ4n) is 3.55. The van der Waals surface area contributed by atoms with Crippen LogP contribution in [-0.4, -0.2) is 33.3 Å². The average molecular weight is 359 g/mol. The molecule has 1 fully saturated rings. The zero-order chi connectivity index (χ0) is 17.9. The van der Waals surface area contributed by atoms with E-state index in [9.17, 15) is 4.39 Å². The van der Waals surface area contributed by atoms with Crippen LogP contribution in [0, 0.1) is 11.7 Å². The summed E-state index contributed by atoms with van der Waals surface area (Å²) in [4.78, 5) is 0. The minimum absolute atomic E-state index is 0.204. The lowest BCUT2D eigenvalue weighted by molar-refractivity contribution is -0.157. The van der Waals surface area contributed by atoms with Crippen molar-refractivity contribution in [3.8, 4) is 17.2 Å². The number of hydrogen-bond donors (Lipinski definition) is 1. The zero-order valence-electron chi connectivity index (χ0n) is 14.6. The average Bonchev–Trinajstić information content (AvgIpc) is 3.10. The molecule has 0 radical (unpaired) electrons. The Morgan fingerprint density at radius 1 is 1.12 bits per heavy atom. The van der Waals surface area contributed by atoms with Crippen molar-refractivity contribution in [3.63, 3.8) is 0 Å². The van der Waals surface area contributed by atoms with Crippen molar-refractivity contribution in [2.75, 3.05) is 26.8 Å². The first kappa shape index (κ1) is 17.1. The van der Waals surface area contributed by atoms with E-state index in [0.717, 1.165) is 30.8 Å². The number of hydrogen-bond acceptors (Lipinski definition) is 5. The Labute approximate surface area is 152 Å². The van der Waals surface area contributed by atoms with Gasteiger partial charge >= 0.3 is 6.48 Å². The summed E-state index contributed by atoms with van der Waals surface area (Å²) >= 11 is 0. The van der Waals surface area contributed by atoms with E-state index in [-0.39, 0.29) is 5.82 Å². The summed E-state index contributed by atoms with van der Waals surface area (Å²) < 4.78 is 35.2. The maximum atomic E-state index is 13.2. The van der Waals surface area contributed by atoms with E-state index >= 15 is 0 Å².